The molecule has 0 aliphatic rings. The van der Waals surface area contributed by atoms with Crippen LogP contribution in [-0.4, -0.2) is 53.8 Å². The van der Waals surface area contributed by atoms with Crippen molar-refractivity contribution in [1.29, 1.82) is 0 Å². The number of aromatic amines is 1. The largest absolute Gasteiger partial charge is 0.480 e. The summed E-state index contributed by atoms with van der Waals surface area (Å²) in [7, 11) is -4.20. The molecular weight excluding hydrogens is 354 g/mol. The van der Waals surface area contributed by atoms with Crippen LogP contribution in [-0.2, 0) is 19.6 Å². The molecule has 0 saturated heterocycles. The quantitative estimate of drug-likeness (QED) is 0.606. The highest BCUT2D eigenvalue weighted by atomic mass is 32.2. The molecule has 1 aromatic heterocycles. The second-order valence-electron chi connectivity index (χ2n) is 5.29. The van der Waals surface area contributed by atoms with E-state index in [1.165, 1.54) is 26.0 Å². The average molecular weight is 371 g/mol. The Morgan fingerprint density at radius 2 is 2.08 bits per heavy atom. The van der Waals surface area contributed by atoms with Gasteiger partial charge in [0.2, 0.25) is 15.9 Å². The van der Waals surface area contributed by atoms with Crippen LogP contribution in [0, 0.1) is 0 Å². The number of benzene rings is 1. The van der Waals surface area contributed by atoms with E-state index in [4.69, 9.17) is 4.42 Å². The number of carboxylic acid groups (broad SMARTS) is 1. The van der Waals surface area contributed by atoms with Crippen molar-refractivity contribution in [2.24, 2.45) is 0 Å². The fraction of sp³-hybridized carbons (Fsp3) is 0.357. The number of H-pyrrole nitrogens is 1. The van der Waals surface area contributed by atoms with Crippen molar-refractivity contribution in [2.75, 3.05) is 13.1 Å². The molecule has 1 atom stereocenters. The van der Waals surface area contributed by atoms with Crippen LogP contribution < -0.4 is 11.1 Å². The highest BCUT2D eigenvalue weighted by Gasteiger charge is 2.33. The second kappa shape index (κ2) is 7.07. The Bertz CT molecular complexity index is 960. The number of hydrogen-bond acceptors (Lipinski definition) is 6. The third kappa shape index (κ3) is 4.06. The Kier molecular flexibility index (Phi) is 5.28. The fourth-order valence-corrected chi connectivity index (χ4v) is 3.81. The van der Waals surface area contributed by atoms with Gasteiger partial charge in [0.15, 0.2) is 5.58 Å². The molecular formula is C14H17N3O7S. The van der Waals surface area contributed by atoms with Gasteiger partial charge in [0.1, 0.15) is 6.04 Å². The Morgan fingerprint density at radius 1 is 1.40 bits per heavy atom. The molecule has 0 aliphatic carbocycles. The number of carbonyl (C=O) groups excluding carboxylic acids is 1. The maximum Gasteiger partial charge on any atom is 0.417 e. The number of fused-ring (bicyclic) bond motifs is 1. The van der Waals surface area contributed by atoms with Gasteiger partial charge in [-0.1, -0.05) is 0 Å². The number of hydrogen-bond donors (Lipinski definition) is 3. The third-order valence-corrected chi connectivity index (χ3v) is 5.46. The Hall–Kier alpha value is -2.66. The van der Waals surface area contributed by atoms with Gasteiger partial charge in [-0.25, -0.2) is 13.2 Å². The highest BCUT2D eigenvalue weighted by Crippen LogP contribution is 2.22. The van der Waals surface area contributed by atoms with Gasteiger partial charge in [0.05, 0.1) is 10.4 Å². The number of rotatable bonds is 7. The first-order chi connectivity index (χ1) is 11.6. The summed E-state index contributed by atoms with van der Waals surface area (Å²) in [5.41, 5.74) is 0.357. The van der Waals surface area contributed by atoms with E-state index >= 15 is 0 Å². The first-order valence-corrected chi connectivity index (χ1v) is 8.69. The van der Waals surface area contributed by atoms with E-state index in [1.54, 1.807) is 0 Å². The topological polar surface area (TPSA) is 150 Å². The summed E-state index contributed by atoms with van der Waals surface area (Å²) >= 11 is 0. The number of carboxylic acids is 1. The molecule has 1 amide bonds. The van der Waals surface area contributed by atoms with Gasteiger partial charge in [0, 0.05) is 26.1 Å². The van der Waals surface area contributed by atoms with Crippen molar-refractivity contribution in [3.63, 3.8) is 0 Å². The maximum atomic E-state index is 12.8. The van der Waals surface area contributed by atoms with Crippen molar-refractivity contribution in [3.8, 4) is 0 Å². The number of aliphatic carboxylic acids is 1. The monoisotopic (exact) mass is 371 g/mol. The van der Waals surface area contributed by atoms with Crippen LogP contribution in [0.25, 0.3) is 11.1 Å². The first-order valence-electron chi connectivity index (χ1n) is 7.25. The summed E-state index contributed by atoms with van der Waals surface area (Å²) in [4.78, 5) is 35.6. The van der Waals surface area contributed by atoms with E-state index in [0.29, 0.717) is 5.52 Å². The van der Waals surface area contributed by atoms with Gasteiger partial charge < -0.3 is 14.8 Å². The molecule has 2 aromatic rings. The predicted octanol–water partition coefficient (Wildman–Crippen LogP) is -0.279. The molecule has 136 valence electrons. The minimum absolute atomic E-state index is 0.0378. The summed E-state index contributed by atoms with van der Waals surface area (Å²) in [6, 6.07) is 2.38. The van der Waals surface area contributed by atoms with Crippen LogP contribution in [0.4, 0.5) is 0 Å². The SMILES string of the molecule is CC(=O)NCCN(C(C)C(=O)O)S(=O)(=O)c1ccc2[nH]c(=O)oc2c1. The van der Waals surface area contributed by atoms with Crippen LogP contribution in [0.15, 0.2) is 32.3 Å². The lowest BCUT2D eigenvalue weighted by Crippen LogP contribution is -2.46. The summed E-state index contributed by atoms with van der Waals surface area (Å²) in [5.74, 6) is -2.43. The Morgan fingerprint density at radius 3 is 2.68 bits per heavy atom. The molecule has 1 aromatic carbocycles. The fourth-order valence-electron chi connectivity index (χ4n) is 2.21. The molecule has 11 heteroatoms. The molecule has 10 nitrogen and oxygen atoms in total. The summed E-state index contributed by atoms with van der Waals surface area (Å²) in [6.45, 7) is 2.21. The first kappa shape index (κ1) is 18.7. The van der Waals surface area contributed by atoms with Crippen LogP contribution in [0.2, 0.25) is 0 Å². The third-order valence-electron chi connectivity index (χ3n) is 3.49. The molecule has 0 aliphatic heterocycles. The van der Waals surface area contributed by atoms with Crippen molar-refractivity contribution in [1.82, 2.24) is 14.6 Å². The van der Waals surface area contributed by atoms with Gasteiger partial charge >= 0.3 is 11.7 Å². The zero-order valence-electron chi connectivity index (χ0n) is 13.5. The molecule has 0 spiro atoms. The van der Waals surface area contributed by atoms with Crippen molar-refractivity contribution >= 4 is 33.0 Å². The lowest BCUT2D eigenvalue weighted by molar-refractivity contribution is -0.140. The maximum absolute atomic E-state index is 12.8. The molecule has 2 rings (SSSR count). The minimum Gasteiger partial charge on any atom is -0.480 e. The average Bonchev–Trinajstić information content (AvgIpc) is 2.89. The molecule has 0 bridgehead atoms. The van der Waals surface area contributed by atoms with Gasteiger partial charge in [-0.15, -0.1) is 0 Å². The number of sulfonamides is 1. The molecule has 0 saturated carbocycles. The molecule has 25 heavy (non-hydrogen) atoms. The van der Waals surface area contributed by atoms with Crippen LogP contribution in [0.3, 0.4) is 0 Å². The number of aromatic nitrogens is 1. The summed E-state index contributed by atoms with van der Waals surface area (Å²) in [5, 5.41) is 11.6. The van der Waals surface area contributed by atoms with Crippen molar-refractivity contribution in [3.05, 3.63) is 28.7 Å². The number of nitrogens with one attached hydrogen (secondary N) is 2. The summed E-state index contributed by atoms with van der Waals surface area (Å²) in [6.07, 6.45) is 0. The lowest BCUT2D eigenvalue weighted by Gasteiger charge is -2.25. The van der Waals surface area contributed by atoms with E-state index < -0.39 is 27.8 Å². The molecule has 1 unspecified atom stereocenters. The molecule has 0 radical (unpaired) electrons. The minimum atomic E-state index is -4.20. The van der Waals surface area contributed by atoms with E-state index in [-0.39, 0.29) is 29.5 Å². The van der Waals surface area contributed by atoms with E-state index in [0.717, 1.165) is 10.4 Å². The highest BCUT2D eigenvalue weighted by molar-refractivity contribution is 7.89. The second-order valence-corrected chi connectivity index (χ2v) is 7.18. The molecule has 1 heterocycles. The zero-order valence-corrected chi connectivity index (χ0v) is 14.3. The number of oxazole rings is 1. The molecule has 0 fully saturated rings. The predicted molar refractivity (Wildman–Crippen MR) is 86.5 cm³/mol. The number of nitrogens with zero attached hydrogens (tertiary/aromatic N) is 1. The Balaban J connectivity index is 2.41. The number of amides is 1. The smallest absolute Gasteiger partial charge is 0.417 e. The molecule has 3 N–H and O–H groups in total. The summed E-state index contributed by atoms with van der Waals surface area (Å²) < 4.78 is 31.2. The van der Waals surface area contributed by atoms with Gasteiger partial charge in [-0.05, 0) is 19.1 Å². The number of carbonyl (C=O) groups is 2. The van der Waals surface area contributed by atoms with Crippen LogP contribution >= 0.6 is 0 Å². The van der Waals surface area contributed by atoms with Gasteiger partial charge in [0.25, 0.3) is 0 Å². The zero-order chi connectivity index (χ0) is 18.8. The van der Waals surface area contributed by atoms with Gasteiger partial charge in [-0.3, -0.25) is 14.6 Å². The van der Waals surface area contributed by atoms with E-state index in [2.05, 4.69) is 10.3 Å². The van der Waals surface area contributed by atoms with Crippen LogP contribution in [0.5, 0.6) is 0 Å². The van der Waals surface area contributed by atoms with Gasteiger partial charge in [-0.2, -0.15) is 4.31 Å². The Labute approximate surface area is 142 Å². The van der Waals surface area contributed by atoms with Crippen molar-refractivity contribution in [2.45, 2.75) is 24.8 Å². The lowest BCUT2D eigenvalue weighted by atomic mass is 10.3. The van der Waals surface area contributed by atoms with E-state index in [1.807, 2.05) is 0 Å². The van der Waals surface area contributed by atoms with E-state index in [9.17, 15) is 27.9 Å². The normalized spacial score (nSPS) is 13.1. The van der Waals surface area contributed by atoms with Crippen LogP contribution in [0.1, 0.15) is 13.8 Å². The standard InChI is InChI=1S/C14H17N3O7S/c1-8(13(19)20)17(6-5-15-9(2)18)25(22,23)10-3-4-11-12(7-10)24-14(21)16-11/h3-4,7-8H,5-6H2,1-2H3,(H,15,18)(H,16,21)(H,19,20). The van der Waals surface area contributed by atoms with Crippen molar-refractivity contribution < 1.29 is 27.5 Å².